The molecule has 0 atom stereocenters. The zero-order valence-corrected chi connectivity index (χ0v) is 19.0. The van der Waals surface area contributed by atoms with Gasteiger partial charge in [0, 0.05) is 24.1 Å². The molecule has 1 N–H and O–H groups in total. The van der Waals surface area contributed by atoms with Crippen molar-refractivity contribution in [2.45, 2.75) is 45.1 Å². The van der Waals surface area contributed by atoms with Crippen LogP contribution in [-0.2, 0) is 25.8 Å². The maximum Gasteiger partial charge on any atom is 0.256 e. The number of nitrogens with one attached hydrogen (secondary N) is 1. The van der Waals surface area contributed by atoms with E-state index in [0.717, 1.165) is 67.8 Å². The average Bonchev–Trinajstić information content (AvgIpc) is 3.12. The molecule has 0 saturated carbocycles. The number of carbonyl (C=O) groups excluding carboxylic acids is 1. The van der Waals surface area contributed by atoms with Crippen molar-refractivity contribution in [2.24, 2.45) is 0 Å². The maximum absolute atomic E-state index is 14.7. The molecule has 0 saturated heterocycles. The van der Waals surface area contributed by atoms with Crippen molar-refractivity contribution in [1.82, 2.24) is 14.8 Å². The van der Waals surface area contributed by atoms with Gasteiger partial charge in [-0.1, -0.05) is 55.0 Å². The minimum atomic E-state index is -0.477. The van der Waals surface area contributed by atoms with Gasteiger partial charge in [0.15, 0.2) is 5.82 Å². The Bertz CT molecular complexity index is 1300. The molecule has 0 spiro atoms. The molecular weight excluding hydrogens is 427 g/mol. The van der Waals surface area contributed by atoms with E-state index in [9.17, 15) is 9.18 Å². The van der Waals surface area contributed by atoms with Gasteiger partial charge in [0.05, 0.1) is 5.69 Å². The summed E-state index contributed by atoms with van der Waals surface area (Å²) in [5.41, 5.74) is 3.59. The van der Waals surface area contributed by atoms with Crippen LogP contribution in [0.3, 0.4) is 0 Å². The monoisotopic (exact) mass is 454 g/mol. The van der Waals surface area contributed by atoms with E-state index in [1.807, 2.05) is 36.4 Å². The highest BCUT2D eigenvalue weighted by atomic mass is 19.1. The first-order chi connectivity index (χ1) is 16.7. The number of benzene rings is 3. The van der Waals surface area contributed by atoms with E-state index in [2.05, 4.69) is 32.2 Å². The minimum absolute atomic E-state index is 0.145. The molecule has 0 aliphatic carbocycles. The van der Waals surface area contributed by atoms with E-state index in [1.165, 1.54) is 11.6 Å². The van der Waals surface area contributed by atoms with Crippen LogP contribution in [0.25, 0.3) is 11.4 Å². The van der Waals surface area contributed by atoms with Crippen molar-refractivity contribution in [1.29, 1.82) is 0 Å². The quantitative estimate of drug-likeness (QED) is 0.398. The summed E-state index contributed by atoms with van der Waals surface area (Å²) in [4.78, 5) is 13.2. The normalized spacial score (nSPS) is 13.2. The summed E-state index contributed by atoms with van der Waals surface area (Å²) in [5.74, 6) is 0.889. The summed E-state index contributed by atoms with van der Waals surface area (Å²) in [6.45, 7) is 0.853. The molecule has 172 valence electrons. The Morgan fingerprint density at radius 2 is 1.74 bits per heavy atom. The molecule has 4 aromatic rings. The highest BCUT2D eigenvalue weighted by molar-refractivity contribution is 6.05. The van der Waals surface area contributed by atoms with Gasteiger partial charge >= 0.3 is 0 Å². The Labute approximate surface area is 198 Å². The van der Waals surface area contributed by atoms with E-state index in [-0.39, 0.29) is 11.6 Å². The number of nitrogens with zero attached hydrogens (tertiary/aromatic N) is 3. The van der Waals surface area contributed by atoms with Crippen LogP contribution in [0, 0.1) is 5.82 Å². The summed E-state index contributed by atoms with van der Waals surface area (Å²) in [6, 6.07) is 22.4. The number of rotatable bonds is 6. The molecule has 1 amide bonds. The zero-order chi connectivity index (χ0) is 23.3. The van der Waals surface area contributed by atoms with Crippen molar-refractivity contribution in [2.75, 3.05) is 5.32 Å². The molecular formula is C28H27FN4O. The van der Waals surface area contributed by atoms with Gasteiger partial charge in [-0.05, 0) is 61.1 Å². The van der Waals surface area contributed by atoms with E-state index < -0.39 is 5.82 Å². The summed E-state index contributed by atoms with van der Waals surface area (Å²) in [6.07, 6.45) is 5.79. The molecule has 0 unspecified atom stereocenters. The maximum atomic E-state index is 14.7. The van der Waals surface area contributed by atoms with Gasteiger partial charge in [-0.2, -0.15) is 0 Å². The van der Waals surface area contributed by atoms with Crippen molar-refractivity contribution in [3.8, 4) is 11.4 Å². The third kappa shape index (κ3) is 4.76. The fourth-order valence-corrected chi connectivity index (χ4v) is 4.53. The molecule has 3 aromatic carbocycles. The number of hydrogen-bond acceptors (Lipinski definition) is 3. The molecule has 5 nitrogen and oxygen atoms in total. The number of fused-ring (bicyclic) bond motifs is 1. The molecule has 0 radical (unpaired) electrons. The Morgan fingerprint density at radius 1 is 0.912 bits per heavy atom. The number of amides is 1. The molecule has 1 aliphatic heterocycles. The highest BCUT2D eigenvalue weighted by Gasteiger charge is 2.19. The van der Waals surface area contributed by atoms with Gasteiger partial charge in [0.1, 0.15) is 11.6 Å². The van der Waals surface area contributed by atoms with Crippen molar-refractivity contribution >= 4 is 11.6 Å². The Balaban J connectivity index is 1.37. The van der Waals surface area contributed by atoms with Gasteiger partial charge < -0.3 is 9.88 Å². The van der Waals surface area contributed by atoms with E-state index in [1.54, 1.807) is 18.2 Å². The molecule has 1 aliphatic rings. The lowest BCUT2D eigenvalue weighted by Crippen LogP contribution is -2.15. The fraction of sp³-hybridized carbons (Fsp3) is 0.250. The molecule has 5 rings (SSSR count). The SMILES string of the molecule is O=C(Nc1cc(-c2nnc3n2CCCCC3)ccc1F)c1ccccc1CCc1ccccc1. The Kier molecular flexibility index (Phi) is 6.47. The van der Waals surface area contributed by atoms with Crippen molar-refractivity contribution in [3.05, 3.63) is 101 Å². The minimum Gasteiger partial charge on any atom is -0.319 e. The van der Waals surface area contributed by atoms with Crippen LogP contribution in [-0.4, -0.2) is 20.7 Å². The van der Waals surface area contributed by atoms with Crippen LogP contribution in [0.2, 0.25) is 0 Å². The number of aryl methyl sites for hydroxylation is 3. The van der Waals surface area contributed by atoms with Gasteiger partial charge in [0.2, 0.25) is 0 Å². The van der Waals surface area contributed by atoms with Gasteiger partial charge in [-0.25, -0.2) is 4.39 Å². The van der Waals surface area contributed by atoms with Crippen LogP contribution in [0.5, 0.6) is 0 Å². The number of hydrogen-bond donors (Lipinski definition) is 1. The first-order valence-electron chi connectivity index (χ1n) is 11.8. The Hall–Kier alpha value is -3.80. The summed E-state index contributed by atoms with van der Waals surface area (Å²) in [5, 5.41) is 11.5. The molecule has 0 fully saturated rings. The lowest BCUT2D eigenvalue weighted by Gasteiger charge is -2.13. The highest BCUT2D eigenvalue weighted by Crippen LogP contribution is 2.27. The fourth-order valence-electron chi connectivity index (χ4n) is 4.53. The van der Waals surface area contributed by atoms with Crippen LogP contribution in [0.15, 0.2) is 72.8 Å². The summed E-state index contributed by atoms with van der Waals surface area (Å²) in [7, 11) is 0. The predicted octanol–water partition coefficient (Wildman–Crippen LogP) is 5.85. The van der Waals surface area contributed by atoms with Gasteiger partial charge in [0.25, 0.3) is 5.91 Å². The van der Waals surface area contributed by atoms with Gasteiger partial charge in [-0.15, -0.1) is 10.2 Å². The second-order valence-corrected chi connectivity index (χ2v) is 8.69. The van der Waals surface area contributed by atoms with Gasteiger partial charge in [-0.3, -0.25) is 4.79 Å². The summed E-state index contributed by atoms with van der Waals surface area (Å²) < 4.78 is 16.8. The predicted molar refractivity (Wildman–Crippen MR) is 131 cm³/mol. The van der Waals surface area contributed by atoms with Crippen LogP contribution >= 0.6 is 0 Å². The molecule has 0 bridgehead atoms. The van der Waals surface area contributed by atoms with Crippen LogP contribution < -0.4 is 5.32 Å². The lowest BCUT2D eigenvalue weighted by atomic mass is 9.99. The Morgan fingerprint density at radius 3 is 2.62 bits per heavy atom. The second kappa shape index (κ2) is 10.00. The number of halogens is 1. The van der Waals surface area contributed by atoms with Crippen molar-refractivity contribution < 1.29 is 9.18 Å². The van der Waals surface area contributed by atoms with Crippen LogP contribution in [0.4, 0.5) is 10.1 Å². The van der Waals surface area contributed by atoms with E-state index in [4.69, 9.17) is 0 Å². The van der Waals surface area contributed by atoms with Crippen LogP contribution in [0.1, 0.15) is 46.6 Å². The second-order valence-electron chi connectivity index (χ2n) is 8.69. The molecule has 6 heteroatoms. The van der Waals surface area contributed by atoms with E-state index in [0.29, 0.717) is 5.56 Å². The zero-order valence-electron chi connectivity index (χ0n) is 19.0. The standard InChI is InChI=1S/C28H27FN4O/c29-24-17-16-22(27-32-31-26-13-5-2-8-18-33(26)27)19-25(24)30-28(34)23-12-7-6-11-21(23)15-14-20-9-3-1-4-10-20/h1,3-4,6-7,9-12,16-17,19H,2,5,8,13-15,18H2,(H,30,34). The molecule has 34 heavy (non-hydrogen) atoms. The summed E-state index contributed by atoms with van der Waals surface area (Å²) >= 11 is 0. The third-order valence-electron chi connectivity index (χ3n) is 6.37. The average molecular weight is 455 g/mol. The van der Waals surface area contributed by atoms with E-state index >= 15 is 0 Å². The topological polar surface area (TPSA) is 59.8 Å². The first kappa shape index (κ1) is 22.0. The van der Waals surface area contributed by atoms with Crippen molar-refractivity contribution in [3.63, 3.8) is 0 Å². The molecule has 2 heterocycles. The third-order valence-corrected chi connectivity index (χ3v) is 6.37. The molecule has 1 aromatic heterocycles. The lowest BCUT2D eigenvalue weighted by molar-refractivity contribution is 0.102. The smallest absolute Gasteiger partial charge is 0.256 e. The largest absolute Gasteiger partial charge is 0.319 e. The number of aromatic nitrogens is 3. The first-order valence-corrected chi connectivity index (χ1v) is 11.8. The number of anilines is 1. The number of carbonyl (C=O) groups is 1.